The minimum Gasteiger partial charge on any atom is -0.444 e. The van der Waals surface area contributed by atoms with Crippen LogP contribution in [0, 0.1) is 5.92 Å². The average molecular weight is 354 g/mol. The molecule has 5 heteroatoms. The van der Waals surface area contributed by atoms with E-state index >= 15 is 0 Å². The molecule has 0 bridgehead atoms. The Kier molecular flexibility index (Phi) is 4.71. The van der Waals surface area contributed by atoms with Gasteiger partial charge in [-0.05, 0) is 33.3 Å². The molecule has 1 unspecified atom stereocenters. The highest BCUT2D eigenvalue weighted by atomic mass is 79.9. The summed E-state index contributed by atoms with van der Waals surface area (Å²) in [5.41, 5.74) is 0.162. The van der Waals surface area contributed by atoms with Gasteiger partial charge in [0.2, 0.25) is 0 Å². The average Bonchev–Trinajstić information content (AvgIpc) is 2.86. The Balaban J connectivity index is 2.01. The SMILES string of the molecule is CC(C)(C)OC(=O)N1CCC(C(=O)c2ccccc2Br)C1. The van der Waals surface area contributed by atoms with Crippen LogP contribution in [0.25, 0.3) is 0 Å². The molecule has 1 aliphatic heterocycles. The number of carbonyl (C=O) groups is 2. The van der Waals surface area contributed by atoms with E-state index in [2.05, 4.69) is 15.9 Å². The van der Waals surface area contributed by atoms with Gasteiger partial charge in [0, 0.05) is 29.0 Å². The molecule has 0 spiro atoms. The van der Waals surface area contributed by atoms with E-state index in [0.29, 0.717) is 25.1 Å². The Bertz CT molecular complexity index is 551. The highest BCUT2D eigenvalue weighted by Crippen LogP contribution is 2.26. The van der Waals surface area contributed by atoms with Crippen molar-refractivity contribution in [3.05, 3.63) is 34.3 Å². The second kappa shape index (κ2) is 6.18. The van der Waals surface area contributed by atoms with Gasteiger partial charge in [0.05, 0.1) is 0 Å². The van der Waals surface area contributed by atoms with Crippen molar-refractivity contribution in [2.75, 3.05) is 13.1 Å². The number of carbonyl (C=O) groups excluding carboxylic acids is 2. The molecular formula is C16H20BrNO3. The molecule has 2 rings (SSSR count). The lowest BCUT2D eigenvalue weighted by Crippen LogP contribution is -2.35. The number of nitrogens with zero attached hydrogens (tertiary/aromatic N) is 1. The summed E-state index contributed by atoms with van der Waals surface area (Å²) in [4.78, 5) is 26.1. The second-order valence-corrected chi connectivity index (χ2v) is 7.11. The van der Waals surface area contributed by atoms with Crippen LogP contribution in [0.1, 0.15) is 37.6 Å². The van der Waals surface area contributed by atoms with E-state index in [1.165, 1.54) is 0 Å². The van der Waals surface area contributed by atoms with Crippen LogP contribution in [0.4, 0.5) is 4.79 Å². The van der Waals surface area contributed by atoms with Gasteiger partial charge in [0.15, 0.2) is 5.78 Å². The van der Waals surface area contributed by atoms with Gasteiger partial charge in [-0.25, -0.2) is 4.79 Å². The third kappa shape index (κ3) is 4.06. The van der Waals surface area contributed by atoms with Crippen LogP contribution in [-0.2, 0) is 4.74 Å². The maximum Gasteiger partial charge on any atom is 0.410 e. The highest BCUT2D eigenvalue weighted by Gasteiger charge is 2.34. The largest absolute Gasteiger partial charge is 0.444 e. The molecule has 4 nitrogen and oxygen atoms in total. The molecule has 0 aromatic heterocycles. The van der Waals surface area contributed by atoms with Crippen molar-refractivity contribution in [2.45, 2.75) is 32.8 Å². The van der Waals surface area contributed by atoms with Crippen molar-refractivity contribution in [1.82, 2.24) is 4.90 Å². The van der Waals surface area contributed by atoms with Crippen molar-refractivity contribution in [3.63, 3.8) is 0 Å². The number of ketones is 1. The van der Waals surface area contributed by atoms with Crippen LogP contribution < -0.4 is 0 Å². The number of likely N-dealkylation sites (tertiary alicyclic amines) is 1. The molecule has 21 heavy (non-hydrogen) atoms. The number of ether oxygens (including phenoxy) is 1. The molecule has 1 amide bonds. The predicted octanol–water partition coefficient (Wildman–Crippen LogP) is 3.89. The fourth-order valence-electron chi connectivity index (χ4n) is 2.35. The molecule has 0 N–H and O–H groups in total. The molecule has 1 saturated heterocycles. The van der Waals surface area contributed by atoms with Gasteiger partial charge in [-0.2, -0.15) is 0 Å². The number of rotatable bonds is 2. The Hall–Kier alpha value is -1.36. The summed E-state index contributed by atoms with van der Waals surface area (Å²) in [5, 5.41) is 0. The van der Waals surface area contributed by atoms with Crippen LogP contribution in [0.5, 0.6) is 0 Å². The van der Waals surface area contributed by atoms with Gasteiger partial charge in [-0.1, -0.05) is 34.1 Å². The Labute approximate surface area is 133 Å². The first kappa shape index (κ1) is 16.0. The molecule has 114 valence electrons. The first-order valence-electron chi connectivity index (χ1n) is 7.04. The van der Waals surface area contributed by atoms with Crippen LogP contribution in [0.3, 0.4) is 0 Å². The molecule has 1 aliphatic rings. The monoisotopic (exact) mass is 353 g/mol. The van der Waals surface area contributed by atoms with Gasteiger partial charge in [-0.3, -0.25) is 4.79 Å². The third-order valence-corrected chi connectivity index (χ3v) is 4.04. The molecule has 0 radical (unpaired) electrons. The molecule has 1 aromatic carbocycles. The number of benzene rings is 1. The number of hydrogen-bond donors (Lipinski definition) is 0. The van der Waals surface area contributed by atoms with Gasteiger partial charge in [-0.15, -0.1) is 0 Å². The zero-order valence-corrected chi connectivity index (χ0v) is 14.1. The first-order chi connectivity index (χ1) is 9.78. The lowest BCUT2D eigenvalue weighted by atomic mass is 9.97. The van der Waals surface area contributed by atoms with Crippen LogP contribution in [0.15, 0.2) is 28.7 Å². The van der Waals surface area contributed by atoms with E-state index in [0.717, 1.165) is 4.47 Å². The Morgan fingerprint density at radius 3 is 2.57 bits per heavy atom. The van der Waals surface area contributed by atoms with E-state index in [1.54, 1.807) is 4.90 Å². The molecular weight excluding hydrogens is 334 g/mol. The Morgan fingerprint density at radius 2 is 1.95 bits per heavy atom. The smallest absolute Gasteiger partial charge is 0.410 e. The van der Waals surface area contributed by atoms with Gasteiger partial charge >= 0.3 is 6.09 Å². The summed E-state index contributed by atoms with van der Waals surface area (Å²) in [7, 11) is 0. The maximum absolute atomic E-state index is 12.5. The minimum atomic E-state index is -0.512. The number of Topliss-reactive ketones (excluding diaryl/α,β-unsaturated/α-hetero) is 1. The van der Waals surface area contributed by atoms with Crippen molar-refractivity contribution in [1.29, 1.82) is 0 Å². The quantitative estimate of drug-likeness (QED) is 0.757. The maximum atomic E-state index is 12.5. The lowest BCUT2D eigenvalue weighted by Gasteiger charge is -2.24. The van der Waals surface area contributed by atoms with E-state index < -0.39 is 5.60 Å². The van der Waals surface area contributed by atoms with Crippen molar-refractivity contribution in [2.24, 2.45) is 5.92 Å². The summed E-state index contributed by atoms with van der Waals surface area (Å²) in [6.45, 7) is 6.50. The summed E-state index contributed by atoms with van der Waals surface area (Å²) in [6, 6.07) is 7.39. The lowest BCUT2D eigenvalue weighted by molar-refractivity contribution is 0.0289. The van der Waals surface area contributed by atoms with Crippen LogP contribution >= 0.6 is 15.9 Å². The molecule has 1 aromatic rings. The summed E-state index contributed by atoms with van der Waals surface area (Å²) < 4.78 is 6.14. The molecule has 1 atom stereocenters. The number of halogens is 1. The van der Waals surface area contributed by atoms with E-state index in [4.69, 9.17) is 4.74 Å². The number of amides is 1. The summed E-state index contributed by atoms with van der Waals surface area (Å²) >= 11 is 3.40. The van der Waals surface area contributed by atoms with E-state index in [9.17, 15) is 9.59 Å². The fourth-order valence-corrected chi connectivity index (χ4v) is 2.83. The van der Waals surface area contributed by atoms with Crippen molar-refractivity contribution >= 4 is 27.8 Å². The summed E-state index contributed by atoms with van der Waals surface area (Å²) in [5.74, 6) is -0.0789. The van der Waals surface area contributed by atoms with Crippen molar-refractivity contribution < 1.29 is 14.3 Å². The van der Waals surface area contributed by atoms with Crippen LogP contribution in [-0.4, -0.2) is 35.5 Å². The summed E-state index contributed by atoms with van der Waals surface area (Å²) in [6.07, 6.45) is 0.337. The molecule has 1 fully saturated rings. The van der Waals surface area contributed by atoms with Gasteiger partial charge in [0.1, 0.15) is 5.60 Å². The normalized spacial score (nSPS) is 18.7. The first-order valence-corrected chi connectivity index (χ1v) is 7.84. The molecule has 1 heterocycles. The fraction of sp³-hybridized carbons (Fsp3) is 0.500. The van der Waals surface area contributed by atoms with Gasteiger partial charge in [0.25, 0.3) is 0 Å². The van der Waals surface area contributed by atoms with Crippen molar-refractivity contribution in [3.8, 4) is 0 Å². The van der Waals surface area contributed by atoms with E-state index in [-0.39, 0.29) is 17.8 Å². The van der Waals surface area contributed by atoms with E-state index in [1.807, 2.05) is 45.0 Å². The molecule has 0 saturated carbocycles. The predicted molar refractivity (Wildman–Crippen MR) is 84.4 cm³/mol. The zero-order chi connectivity index (χ0) is 15.6. The Morgan fingerprint density at radius 1 is 1.29 bits per heavy atom. The zero-order valence-electron chi connectivity index (χ0n) is 12.6. The minimum absolute atomic E-state index is 0.0773. The highest BCUT2D eigenvalue weighted by molar-refractivity contribution is 9.10. The molecule has 0 aliphatic carbocycles. The van der Waals surface area contributed by atoms with Gasteiger partial charge < -0.3 is 9.64 Å². The second-order valence-electron chi connectivity index (χ2n) is 6.26. The standard InChI is InChI=1S/C16H20BrNO3/c1-16(2,3)21-15(20)18-9-8-11(10-18)14(19)12-6-4-5-7-13(12)17/h4-7,11H,8-10H2,1-3H3. The topological polar surface area (TPSA) is 46.6 Å². The third-order valence-electron chi connectivity index (χ3n) is 3.35. The number of hydrogen-bond acceptors (Lipinski definition) is 3. The van der Waals surface area contributed by atoms with Crippen LogP contribution in [0.2, 0.25) is 0 Å².